The Kier molecular flexibility index (Phi) is 4.48. The normalized spacial score (nSPS) is 11.4. The second-order valence-corrected chi connectivity index (χ2v) is 5.42. The molecule has 3 nitrogen and oxygen atoms in total. The molecule has 0 saturated carbocycles. The van der Waals surface area contributed by atoms with Gasteiger partial charge in [0.25, 0.3) is 0 Å². The minimum atomic E-state index is 0.560. The Bertz CT molecular complexity index is 543. The molecule has 1 aromatic heterocycles. The number of aryl methyl sites for hydroxylation is 2. The first-order valence-electron chi connectivity index (χ1n) is 6.99. The minimum Gasteiger partial charge on any atom is -0.495 e. The van der Waals surface area contributed by atoms with E-state index in [9.17, 15) is 0 Å². The quantitative estimate of drug-likeness (QED) is 0.781. The molecule has 0 saturated heterocycles. The number of rotatable bonds is 6. The van der Waals surface area contributed by atoms with E-state index in [1.165, 1.54) is 16.5 Å². The average molecular weight is 260 g/mol. The molecule has 0 aliphatic rings. The van der Waals surface area contributed by atoms with Crippen LogP contribution in [0, 0.1) is 6.92 Å². The first kappa shape index (κ1) is 13.9. The van der Waals surface area contributed by atoms with E-state index >= 15 is 0 Å². The Labute approximate surface area is 115 Å². The third kappa shape index (κ3) is 3.29. The van der Waals surface area contributed by atoms with Gasteiger partial charge in [-0.05, 0) is 49.6 Å². The summed E-state index contributed by atoms with van der Waals surface area (Å²) in [5, 5.41) is 4.75. The van der Waals surface area contributed by atoms with E-state index in [1.54, 1.807) is 7.11 Å². The standard InChI is InChI=1S/C16H24N2O/c1-11(2)17-7-5-6-13-10-18-16-14(13)8-12(3)9-15(16)19-4/h8-11,17-18H,5-7H2,1-4H3. The van der Waals surface area contributed by atoms with Crippen LogP contribution in [-0.4, -0.2) is 24.7 Å². The average Bonchev–Trinajstić information content (AvgIpc) is 2.76. The molecule has 0 atom stereocenters. The maximum absolute atomic E-state index is 5.44. The summed E-state index contributed by atoms with van der Waals surface area (Å²) in [4.78, 5) is 3.34. The first-order valence-corrected chi connectivity index (χ1v) is 6.99. The largest absolute Gasteiger partial charge is 0.495 e. The number of nitrogens with one attached hydrogen (secondary N) is 2. The van der Waals surface area contributed by atoms with Gasteiger partial charge in [-0.25, -0.2) is 0 Å². The lowest BCUT2D eigenvalue weighted by atomic mass is 10.1. The fraction of sp³-hybridized carbons (Fsp3) is 0.500. The van der Waals surface area contributed by atoms with Gasteiger partial charge in [-0.2, -0.15) is 0 Å². The summed E-state index contributed by atoms with van der Waals surface area (Å²) < 4.78 is 5.44. The van der Waals surface area contributed by atoms with Gasteiger partial charge < -0.3 is 15.0 Å². The molecule has 2 rings (SSSR count). The van der Waals surface area contributed by atoms with Crippen LogP contribution in [0.3, 0.4) is 0 Å². The van der Waals surface area contributed by atoms with Crippen molar-refractivity contribution in [3.63, 3.8) is 0 Å². The number of fused-ring (bicyclic) bond motifs is 1. The second-order valence-electron chi connectivity index (χ2n) is 5.42. The van der Waals surface area contributed by atoms with Gasteiger partial charge in [0.1, 0.15) is 5.75 Å². The molecule has 1 heterocycles. The molecule has 3 heteroatoms. The van der Waals surface area contributed by atoms with Crippen LogP contribution in [-0.2, 0) is 6.42 Å². The maximum atomic E-state index is 5.44. The molecule has 0 bridgehead atoms. The number of hydrogen-bond acceptors (Lipinski definition) is 2. The monoisotopic (exact) mass is 260 g/mol. The summed E-state index contributed by atoms with van der Waals surface area (Å²) in [5.74, 6) is 0.932. The van der Waals surface area contributed by atoms with Crippen LogP contribution < -0.4 is 10.1 Å². The van der Waals surface area contributed by atoms with Gasteiger partial charge in [0.05, 0.1) is 12.6 Å². The number of aromatic nitrogens is 1. The van der Waals surface area contributed by atoms with Crippen molar-refractivity contribution in [1.29, 1.82) is 0 Å². The van der Waals surface area contributed by atoms with Gasteiger partial charge in [0.2, 0.25) is 0 Å². The van der Waals surface area contributed by atoms with Crippen molar-refractivity contribution < 1.29 is 4.74 Å². The molecule has 0 radical (unpaired) electrons. The third-order valence-corrected chi connectivity index (χ3v) is 3.38. The lowest BCUT2D eigenvalue weighted by Crippen LogP contribution is -2.23. The minimum absolute atomic E-state index is 0.560. The lowest BCUT2D eigenvalue weighted by molar-refractivity contribution is 0.418. The van der Waals surface area contributed by atoms with E-state index in [0.29, 0.717) is 6.04 Å². The van der Waals surface area contributed by atoms with Crippen LogP contribution in [0.1, 0.15) is 31.4 Å². The SMILES string of the molecule is COc1cc(C)cc2c(CCCNC(C)C)c[nH]c12. The van der Waals surface area contributed by atoms with E-state index in [0.717, 1.165) is 30.7 Å². The smallest absolute Gasteiger partial charge is 0.143 e. The van der Waals surface area contributed by atoms with E-state index in [-0.39, 0.29) is 0 Å². The highest BCUT2D eigenvalue weighted by atomic mass is 16.5. The topological polar surface area (TPSA) is 37.0 Å². The number of hydrogen-bond donors (Lipinski definition) is 2. The fourth-order valence-corrected chi connectivity index (χ4v) is 2.43. The number of H-pyrrole nitrogens is 1. The van der Waals surface area contributed by atoms with Crippen molar-refractivity contribution >= 4 is 10.9 Å². The van der Waals surface area contributed by atoms with Crippen molar-refractivity contribution in [1.82, 2.24) is 10.3 Å². The van der Waals surface area contributed by atoms with E-state index in [2.05, 4.69) is 49.4 Å². The molecular weight excluding hydrogens is 236 g/mol. The summed E-state index contributed by atoms with van der Waals surface area (Å²) in [5.41, 5.74) is 3.73. The van der Waals surface area contributed by atoms with Crippen molar-refractivity contribution in [2.45, 2.75) is 39.7 Å². The van der Waals surface area contributed by atoms with Gasteiger partial charge in [0.15, 0.2) is 0 Å². The zero-order valence-corrected chi connectivity index (χ0v) is 12.3. The Morgan fingerprint density at radius 2 is 2.11 bits per heavy atom. The highest BCUT2D eigenvalue weighted by Gasteiger charge is 2.09. The van der Waals surface area contributed by atoms with Gasteiger partial charge in [-0.3, -0.25) is 0 Å². The molecule has 0 aliphatic carbocycles. The van der Waals surface area contributed by atoms with Crippen molar-refractivity contribution in [3.05, 3.63) is 29.5 Å². The lowest BCUT2D eigenvalue weighted by Gasteiger charge is -2.07. The molecule has 0 amide bonds. The molecular formula is C16H24N2O. The van der Waals surface area contributed by atoms with Crippen molar-refractivity contribution in [2.75, 3.05) is 13.7 Å². The van der Waals surface area contributed by atoms with E-state index < -0.39 is 0 Å². The van der Waals surface area contributed by atoms with Crippen molar-refractivity contribution in [2.24, 2.45) is 0 Å². The summed E-state index contributed by atoms with van der Waals surface area (Å²) >= 11 is 0. The fourth-order valence-electron chi connectivity index (χ4n) is 2.43. The number of methoxy groups -OCH3 is 1. The van der Waals surface area contributed by atoms with Gasteiger partial charge in [-0.1, -0.05) is 13.8 Å². The highest BCUT2D eigenvalue weighted by molar-refractivity contribution is 5.89. The van der Waals surface area contributed by atoms with Crippen LogP contribution in [0.2, 0.25) is 0 Å². The van der Waals surface area contributed by atoms with E-state index in [1.807, 2.05) is 0 Å². The summed E-state index contributed by atoms with van der Waals surface area (Å²) in [7, 11) is 1.72. The van der Waals surface area contributed by atoms with Crippen LogP contribution in [0.15, 0.2) is 18.3 Å². The molecule has 0 aliphatic heterocycles. The predicted molar refractivity (Wildman–Crippen MR) is 81.0 cm³/mol. The highest BCUT2D eigenvalue weighted by Crippen LogP contribution is 2.29. The molecule has 2 N–H and O–H groups in total. The second kappa shape index (κ2) is 6.11. The molecule has 0 fully saturated rings. The predicted octanol–water partition coefficient (Wildman–Crippen LogP) is 3.42. The Morgan fingerprint density at radius 1 is 1.32 bits per heavy atom. The summed E-state index contributed by atoms with van der Waals surface area (Å²) in [6, 6.07) is 4.87. The summed E-state index contributed by atoms with van der Waals surface area (Å²) in [6.45, 7) is 7.53. The molecule has 2 aromatic rings. The number of benzene rings is 1. The maximum Gasteiger partial charge on any atom is 0.143 e. The number of ether oxygens (including phenoxy) is 1. The van der Waals surface area contributed by atoms with Crippen molar-refractivity contribution in [3.8, 4) is 5.75 Å². The Morgan fingerprint density at radius 3 is 2.79 bits per heavy atom. The zero-order chi connectivity index (χ0) is 13.8. The Balaban J connectivity index is 2.13. The van der Waals surface area contributed by atoms with E-state index in [4.69, 9.17) is 4.74 Å². The molecule has 104 valence electrons. The zero-order valence-electron chi connectivity index (χ0n) is 12.3. The molecule has 19 heavy (non-hydrogen) atoms. The first-order chi connectivity index (χ1) is 9.11. The number of aromatic amines is 1. The van der Waals surface area contributed by atoms with Gasteiger partial charge in [0, 0.05) is 17.6 Å². The Hall–Kier alpha value is -1.48. The van der Waals surface area contributed by atoms with Gasteiger partial charge in [-0.15, -0.1) is 0 Å². The third-order valence-electron chi connectivity index (χ3n) is 3.38. The van der Waals surface area contributed by atoms with Gasteiger partial charge >= 0.3 is 0 Å². The van der Waals surface area contributed by atoms with Crippen LogP contribution in [0.4, 0.5) is 0 Å². The summed E-state index contributed by atoms with van der Waals surface area (Å²) in [6.07, 6.45) is 4.36. The molecule has 0 unspecified atom stereocenters. The van der Waals surface area contributed by atoms with Crippen LogP contribution >= 0.6 is 0 Å². The van der Waals surface area contributed by atoms with Crippen LogP contribution in [0.25, 0.3) is 10.9 Å². The molecule has 1 aromatic carbocycles. The van der Waals surface area contributed by atoms with Crippen LogP contribution in [0.5, 0.6) is 5.75 Å². The molecule has 0 spiro atoms.